The highest BCUT2D eigenvalue weighted by molar-refractivity contribution is 14.0. The lowest BCUT2D eigenvalue weighted by Gasteiger charge is -2.34. The van der Waals surface area contributed by atoms with Crippen LogP contribution in [-0.4, -0.2) is 73.0 Å². The number of ether oxygens (including phenoxy) is 1. The third-order valence-electron chi connectivity index (χ3n) is 5.41. The first kappa shape index (κ1) is 24.6. The second kappa shape index (κ2) is 12.2. The highest BCUT2D eigenvalue weighted by Crippen LogP contribution is 2.22. The van der Waals surface area contributed by atoms with Gasteiger partial charge in [-0.2, -0.15) is 0 Å². The Morgan fingerprint density at radius 1 is 1.10 bits per heavy atom. The lowest BCUT2D eigenvalue weighted by atomic mass is 10.1. The van der Waals surface area contributed by atoms with E-state index in [-0.39, 0.29) is 35.8 Å². The summed E-state index contributed by atoms with van der Waals surface area (Å²) in [6, 6.07) is 7.03. The summed E-state index contributed by atoms with van der Waals surface area (Å²) in [5, 5.41) is 3.37. The first-order chi connectivity index (χ1) is 14.2. The molecule has 0 unspecified atom stereocenters. The van der Waals surface area contributed by atoms with Crippen molar-refractivity contribution < 1.29 is 14.3 Å². The minimum absolute atomic E-state index is 0. The second-order valence-electron chi connectivity index (χ2n) is 7.39. The van der Waals surface area contributed by atoms with E-state index in [2.05, 4.69) is 17.1 Å². The predicted octanol–water partition coefficient (Wildman–Crippen LogP) is 3.15. The Labute approximate surface area is 196 Å². The zero-order valence-corrected chi connectivity index (χ0v) is 20.3. The molecule has 2 heterocycles. The molecule has 0 saturated carbocycles. The number of carbonyl (C=O) groups is 2. The molecule has 1 N–H and O–H groups in total. The van der Waals surface area contributed by atoms with Crippen LogP contribution in [0.3, 0.4) is 0 Å². The van der Waals surface area contributed by atoms with Gasteiger partial charge in [0.1, 0.15) is 0 Å². The minimum Gasteiger partial charge on any atom is -0.378 e. The molecule has 0 bridgehead atoms. The number of benzene rings is 1. The summed E-state index contributed by atoms with van der Waals surface area (Å²) in [5.74, 6) is 0.586. The molecule has 2 amide bonds. The van der Waals surface area contributed by atoms with Crippen molar-refractivity contribution in [3.8, 4) is 0 Å². The molecule has 1 aromatic carbocycles. The average Bonchev–Trinajstić information content (AvgIpc) is 2.98. The van der Waals surface area contributed by atoms with Crippen molar-refractivity contribution >= 4 is 41.8 Å². The summed E-state index contributed by atoms with van der Waals surface area (Å²) < 4.78 is 5.73. The number of likely N-dealkylation sites (tertiary alicyclic amines) is 1. The van der Waals surface area contributed by atoms with E-state index in [1.165, 1.54) is 4.90 Å². The van der Waals surface area contributed by atoms with E-state index >= 15 is 0 Å². The third-order valence-corrected chi connectivity index (χ3v) is 5.41. The van der Waals surface area contributed by atoms with Gasteiger partial charge in [0.05, 0.1) is 17.2 Å². The van der Waals surface area contributed by atoms with E-state index in [9.17, 15) is 9.59 Å². The SMILES string of the molecule is CCNC(=NCCCCN1C(=O)c2ccccc2C1=O)N1CCC(OCC)CC1.I. The number of aliphatic imine (C=N–C) groups is 1. The van der Waals surface area contributed by atoms with Crippen molar-refractivity contribution in [1.82, 2.24) is 15.1 Å². The molecule has 0 aliphatic carbocycles. The molecular formula is C22H33IN4O3. The summed E-state index contributed by atoms with van der Waals surface area (Å²) in [7, 11) is 0. The van der Waals surface area contributed by atoms with Crippen LogP contribution in [0, 0.1) is 0 Å². The number of carbonyl (C=O) groups excluding carboxylic acids is 2. The highest BCUT2D eigenvalue weighted by atomic mass is 127. The number of fused-ring (bicyclic) bond motifs is 1. The van der Waals surface area contributed by atoms with Crippen LogP contribution in [0.1, 0.15) is 60.2 Å². The molecule has 0 atom stereocenters. The van der Waals surface area contributed by atoms with Gasteiger partial charge in [0, 0.05) is 39.3 Å². The fourth-order valence-electron chi connectivity index (χ4n) is 3.90. The van der Waals surface area contributed by atoms with Gasteiger partial charge in [0.2, 0.25) is 0 Å². The van der Waals surface area contributed by atoms with Crippen molar-refractivity contribution in [1.29, 1.82) is 0 Å². The molecule has 2 aliphatic rings. The molecule has 1 saturated heterocycles. The van der Waals surface area contributed by atoms with Crippen molar-refractivity contribution in [2.45, 2.75) is 45.6 Å². The first-order valence-corrected chi connectivity index (χ1v) is 10.8. The van der Waals surface area contributed by atoms with Gasteiger partial charge >= 0.3 is 0 Å². The van der Waals surface area contributed by atoms with E-state index < -0.39 is 0 Å². The topological polar surface area (TPSA) is 74.2 Å². The summed E-state index contributed by atoms with van der Waals surface area (Å²) >= 11 is 0. The fraction of sp³-hybridized carbons (Fsp3) is 0.591. The number of nitrogens with zero attached hydrogens (tertiary/aromatic N) is 3. The summed E-state index contributed by atoms with van der Waals surface area (Å²) in [6.07, 6.45) is 3.99. The van der Waals surface area contributed by atoms with Crippen LogP contribution in [-0.2, 0) is 4.74 Å². The molecule has 2 aliphatic heterocycles. The Morgan fingerprint density at radius 3 is 2.30 bits per heavy atom. The third kappa shape index (κ3) is 5.94. The maximum atomic E-state index is 12.4. The largest absolute Gasteiger partial charge is 0.378 e. The zero-order valence-electron chi connectivity index (χ0n) is 17.9. The number of hydrogen-bond donors (Lipinski definition) is 1. The van der Waals surface area contributed by atoms with Crippen LogP contribution in [0.2, 0.25) is 0 Å². The summed E-state index contributed by atoms with van der Waals surface area (Å²) in [4.78, 5) is 33.2. The van der Waals surface area contributed by atoms with Crippen LogP contribution in [0.15, 0.2) is 29.3 Å². The number of hydrogen-bond acceptors (Lipinski definition) is 4. The van der Waals surface area contributed by atoms with E-state index in [1.807, 2.05) is 6.92 Å². The van der Waals surface area contributed by atoms with Crippen LogP contribution in [0.5, 0.6) is 0 Å². The Hall–Kier alpha value is -1.68. The van der Waals surface area contributed by atoms with E-state index in [0.29, 0.717) is 30.3 Å². The molecule has 0 radical (unpaired) electrons. The first-order valence-electron chi connectivity index (χ1n) is 10.8. The average molecular weight is 528 g/mol. The normalized spacial score (nSPS) is 17.2. The molecule has 0 aromatic heterocycles. The molecule has 8 heteroatoms. The van der Waals surface area contributed by atoms with Crippen molar-refractivity contribution in [3.63, 3.8) is 0 Å². The number of piperidine rings is 1. The molecule has 166 valence electrons. The Kier molecular flexibility index (Phi) is 10.0. The van der Waals surface area contributed by atoms with Gasteiger partial charge in [0.15, 0.2) is 5.96 Å². The number of amides is 2. The zero-order chi connectivity index (χ0) is 20.6. The molecule has 7 nitrogen and oxygen atoms in total. The predicted molar refractivity (Wildman–Crippen MR) is 129 cm³/mol. The number of rotatable bonds is 8. The van der Waals surface area contributed by atoms with Crippen molar-refractivity contribution in [2.75, 3.05) is 39.3 Å². The molecule has 1 aromatic rings. The highest BCUT2D eigenvalue weighted by Gasteiger charge is 2.34. The van der Waals surface area contributed by atoms with Gasteiger partial charge < -0.3 is 15.0 Å². The van der Waals surface area contributed by atoms with E-state index in [4.69, 9.17) is 9.73 Å². The lowest BCUT2D eigenvalue weighted by molar-refractivity contribution is 0.0263. The molecule has 1 fully saturated rings. The lowest BCUT2D eigenvalue weighted by Crippen LogP contribution is -2.47. The summed E-state index contributed by atoms with van der Waals surface area (Å²) in [6.45, 7) is 8.74. The van der Waals surface area contributed by atoms with Crippen molar-refractivity contribution in [3.05, 3.63) is 35.4 Å². The van der Waals surface area contributed by atoms with Gasteiger partial charge in [-0.15, -0.1) is 24.0 Å². The van der Waals surface area contributed by atoms with Gasteiger partial charge in [-0.25, -0.2) is 0 Å². The smallest absolute Gasteiger partial charge is 0.261 e. The minimum atomic E-state index is -0.181. The van der Waals surface area contributed by atoms with Crippen LogP contribution in [0.25, 0.3) is 0 Å². The van der Waals surface area contributed by atoms with Crippen molar-refractivity contribution in [2.24, 2.45) is 4.99 Å². The quantitative estimate of drug-likeness (QED) is 0.185. The number of guanidine groups is 1. The summed E-state index contributed by atoms with van der Waals surface area (Å²) in [5.41, 5.74) is 1.03. The Morgan fingerprint density at radius 2 is 1.73 bits per heavy atom. The fourth-order valence-corrected chi connectivity index (χ4v) is 3.90. The maximum absolute atomic E-state index is 12.4. The Balaban J connectivity index is 0.00000320. The Bertz CT molecular complexity index is 713. The second-order valence-corrected chi connectivity index (χ2v) is 7.39. The number of imide groups is 1. The number of unbranched alkanes of at least 4 members (excludes halogenated alkanes) is 1. The van der Waals surface area contributed by atoms with Gasteiger partial charge in [0.25, 0.3) is 11.8 Å². The molecular weight excluding hydrogens is 495 g/mol. The monoisotopic (exact) mass is 528 g/mol. The van der Waals surface area contributed by atoms with E-state index in [1.54, 1.807) is 24.3 Å². The van der Waals surface area contributed by atoms with Crippen LogP contribution in [0.4, 0.5) is 0 Å². The number of nitrogens with one attached hydrogen (secondary N) is 1. The molecule has 3 rings (SSSR count). The van der Waals surface area contributed by atoms with Gasteiger partial charge in [-0.3, -0.25) is 19.5 Å². The number of halogens is 1. The standard InChI is InChI=1S/C22H32N4O3.HI/c1-3-23-22(25-15-11-17(12-16-25)29-4-2)24-13-7-8-14-26-20(27)18-9-5-6-10-19(18)21(26)28;/h5-6,9-10,17H,3-4,7-8,11-16H2,1-2H3,(H,23,24);1H. The molecule has 0 spiro atoms. The van der Waals surface area contributed by atoms with Gasteiger partial charge in [-0.05, 0) is 51.7 Å². The van der Waals surface area contributed by atoms with E-state index in [0.717, 1.165) is 57.9 Å². The molecule has 30 heavy (non-hydrogen) atoms. The van der Waals surface area contributed by atoms with Crippen LogP contribution >= 0.6 is 24.0 Å². The van der Waals surface area contributed by atoms with Gasteiger partial charge in [-0.1, -0.05) is 12.1 Å². The maximum Gasteiger partial charge on any atom is 0.261 e. The van der Waals surface area contributed by atoms with Crippen LogP contribution < -0.4 is 5.32 Å².